The molecule has 2 aliphatic rings. The van der Waals surface area contributed by atoms with E-state index in [9.17, 15) is 4.79 Å². The van der Waals surface area contributed by atoms with E-state index in [4.69, 9.17) is 0 Å². The summed E-state index contributed by atoms with van der Waals surface area (Å²) in [6.45, 7) is 3.79. The van der Waals surface area contributed by atoms with Gasteiger partial charge in [0.1, 0.15) is 0 Å². The number of amides is 1. The zero-order valence-corrected chi connectivity index (χ0v) is 14.6. The molecule has 2 aliphatic heterocycles. The zero-order chi connectivity index (χ0) is 17.1. The lowest BCUT2D eigenvalue weighted by atomic mass is 10.0. The lowest BCUT2D eigenvalue weighted by molar-refractivity contribution is -0.117. The summed E-state index contributed by atoms with van der Waals surface area (Å²) in [6, 6.07) is 16.9. The Bertz CT molecular complexity index is 758. The maximum Gasteiger partial charge on any atom is 0.227 e. The Kier molecular flexibility index (Phi) is 4.59. The van der Waals surface area contributed by atoms with Crippen molar-refractivity contribution in [1.29, 1.82) is 0 Å². The molecule has 2 aromatic carbocycles. The molecule has 1 N–H and O–H groups in total. The Morgan fingerprint density at radius 3 is 2.48 bits per heavy atom. The van der Waals surface area contributed by atoms with Crippen molar-refractivity contribution in [2.75, 3.05) is 41.3 Å². The number of rotatable bonds is 5. The minimum atomic E-state index is 0.235. The average Bonchev–Trinajstić information content (AvgIpc) is 3.08. The summed E-state index contributed by atoms with van der Waals surface area (Å²) in [5.41, 5.74) is 4.91. The van der Waals surface area contributed by atoms with E-state index in [1.165, 1.54) is 24.1 Å². The first-order valence-electron chi connectivity index (χ1n) is 9.29. The van der Waals surface area contributed by atoms with Crippen molar-refractivity contribution in [2.45, 2.75) is 25.7 Å². The van der Waals surface area contributed by atoms with Crippen molar-refractivity contribution in [1.82, 2.24) is 0 Å². The maximum atomic E-state index is 12.1. The number of nitrogens with one attached hydrogen (secondary N) is 1. The number of hydrogen-bond acceptors (Lipinski definition) is 3. The van der Waals surface area contributed by atoms with Crippen molar-refractivity contribution in [3.63, 3.8) is 0 Å². The van der Waals surface area contributed by atoms with E-state index < -0.39 is 0 Å². The third kappa shape index (κ3) is 3.34. The lowest BCUT2D eigenvalue weighted by Crippen LogP contribution is -2.33. The molecule has 4 rings (SSSR count). The van der Waals surface area contributed by atoms with Gasteiger partial charge in [-0.15, -0.1) is 0 Å². The van der Waals surface area contributed by atoms with Crippen molar-refractivity contribution in [2.24, 2.45) is 0 Å². The van der Waals surface area contributed by atoms with Crippen LogP contribution in [0, 0.1) is 0 Å². The minimum Gasteiger partial charge on any atom is -0.382 e. The van der Waals surface area contributed by atoms with Crippen LogP contribution in [0.4, 0.5) is 17.1 Å². The van der Waals surface area contributed by atoms with Crippen LogP contribution in [0.5, 0.6) is 0 Å². The van der Waals surface area contributed by atoms with Crippen LogP contribution in [0.3, 0.4) is 0 Å². The monoisotopic (exact) mass is 335 g/mol. The van der Waals surface area contributed by atoms with Crippen LogP contribution >= 0.6 is 0 Å². The number of hydrogen-bond donors (Lipinski definition) is 1. The number of aryl methyl sites for hydroxylation is 1. The highest BCUT2D eigenvalue weighted by Crippen LogP contribution is 2.30. The van der Waals surface area contributed by atoms with E-state index in [1.54, 1.807) is 0 Å². The van der Waals surface area contributed by atoms with Crippen molar-refractivity contribution < 1.29 is 4.79 Å². The summed E-state index contributed by atoms with van der Waals surface area (Å²) in [7, 11) is 0. The molecule has 1 saturated heterocycles. The van der Waals surface area contributed by atoms with Crippen molar-refractivity contribution in [3.8, 4) is 0 Å². The molecule has 0 bridgehead atoms. The Morgan fingerprint density at radius 1 is 0.880 bits per heavy atom. The molecule has 1 fully saturated rings. The van der Waals surface area contributed by atoms with Crippen LogP contribution in [0.25, 0.3) is 0 Å². The van der Waals surface area contributed by atoms with E-state index in [2.05, 4.69) is 40.5 Å². The molecule has 0 radical (unpaired) electrons. The van der Waals surface area contributed by atoms with Gasteiger partial charge in [-0.2, -0.15) is 0 Å². The molecule has 4 nitrogen and oxygen atoms in total. The molecule has 0 aromatic heterocycles. The van der Waals surface area contributed by atoms with Gasteiger partial charge in [0, 0.05) is 38.3 Å². The van der Waals surface area contributed by atoms with Crippen LogP contribution in [0.15, 0.2) is 48.5 Å². The third-order valence-electron chi connectivity index (χ3n) is 5.17. The van der Waals surface area contributed by atoms with Crippen molar-refractivity contribution >= 4 is 23.0 Å². The number of benzene rings is 2. The highest BCUT2D eigenvalue weighted by atomic mass is 16.2. The van der Waals surface area contributed by atoms with E-state index in [1.807, 2.05) is 23.1 Å². The van der Waals surface area contributed by atoms with Gasteiger partial charge in [-0.25, -0.2) is 0 Å². The fourth-order valence-corrected chi connectivity index (χ4v) is 3.93. The molecule has 2 heterocycles. The molecule has 0 saturated carbocycles. The average molecular weight is 335 g/mol. The van der Waals surface area contributed by atoms with E-state index in [-0.39, 0.29) is 5.91 Å². The molecular formula is C21H25N3O. The van der Waals surface area contributed by atoms with Gasteiger partial charge in [-0.3, -0.25) is 4.79 Å². The lowest BCUT2D eigenvalue weighted by Gasteiger charge is -2.31. The smallest absolute Gasteiger partial charge is 0.227 e. The fraction of sp³-hybridized carbons (Fsp3) is 0.381. The molecule has 25 heavy (non-hydrogen) atoms. The van der Waals surface area contributed by atoms with Crippen LogP contribution in [0.1, 0.15) is 24.8 Å². The molecule has 0 unspecified atom stereocenters. The van der Waals surface area contributed by atoms with Gasteiger partial charge in [0.2, 0.25) is 5.91 Å². The van der Waals surface area contributed by atoms with Gasteiger partial charge in [0.05, 0.1) is 11.4 Å². The number of para-hydroxylation sites is 3. The Morgan fingerprint density at radius 2 is 1.64 bits per heavy atom. The summed E-state index contributed by atoms with van der Waals surface area (Å²) in [5.74, 6) is 0.235. The molecule has 1 amide bonds. The molecule has 2 aromatic rings. The van der Waals surface area contributed by atoms with Gasteiger partial charge >= 0.3 is 0 Å². The summed E-state index contributed by atoms with van der Waals surface area (Å²) < 4.78 is 0. The third-order valence-corrected chi connectivity index (χ3v) is 5.17. The standard InChI is InChI=1S/C21H25N3O/c25-21-12-6-15-24(21)20-11-4-2-9-18(20)22-13-16-23-14-5-8-17-7-1-3-10-19(17)23/h1-4,7,9-11,22H,5-6,8,12-16H2. The fourth-order valence-electron chi connectivity index (χ4n) is 3.93. The first-order chi connectivity index (χ1) is 12.3. The second-order valence-electron chi connectivity index (χ2n) is 6.81. The quantitative estimate of drug-likeness (QED) is 0.905. The van der Waals surface area contributed by atoms with Gasteiger partial charge in [0.25, 0.3) is 0 Å². The highest BCUT2D eigenvalue weighted by molar-refractivity contribution is 5.98. The Balaban J connectivity index is 1.42. The molecule has 4 heteroatoms. The SMILES string of the molecule is O=C1CCCN1c1ccccc1NCCN1CCCc2ccccc21. The number of carbonyl (C=O) groups is 1. The molecule has 0 aliphatic carbocycles. The van der Waals surface area contributed by atoms with Crippen LogP contribution in [0.2, 0.25) is 0 Å². The highest BCUT2D eigenvalue weighted by Gasteiger charge is 2.23. The van der Waals surface area contributed by atoms with Crippen LogP contribution in [-0.4, -0.2) is 32.1 Å². The van der Waals surface area contributed by atoms with Gasteiger partial charge in [-0.1, -0.05) is 30.3 Å². The topological polar surface area (TPSA) is 35.6 Å². The summed E-state index contributed by atoms with van der Waals surface area (Å²) in [5, 5.41) is 3.55. The number of anilines is 3. The number of nitrogens with zero attached hydrogens (tertiary/aromatic N) is 2. The molecule has 0 atom stereocenters. The zero-order valence-electron chi connectivity index (χ0n) is 14.6. The molecule has 0 spiro atoms. The Labute approximate surface area is 149 Å². The largest absolute Gasteiger partial charge is 0.382 e. The normalized spacial score (nSPS) is 16.9. The molecule has 130 valence electrons. The molecular weight excluding hydrogens is 310 g/mol. The summed E-state index contributed by atoms with van der Waals surface area (Å²) in [6.07, 6.45) is 4.02. The Hall–Kier alpha value is -2.49. The predicted molar refractivity (Wildman–Crippen MR) is 103 cm³/mol. The number of carbonyl (C=O) groups excluding carboxylic acids is 1. The first-order valence-corrected chi connectivity index (χ1v) is 9.29. The number of fused-ring (bicyclic) bond motifs is 1. The minimum absolute atomic E-state index is 0.235. The van der Waals surface area contributed by atoms with E-state index in [0.717, 1.165) is 44.0 Å². The van der Waals surface area contributed by atoms with Crippen LogP contribution in [-0.2, 0) is 11.2 Å². The summed E-state index contributed by atoms with van der Waals surface area (Å²) in [4.78, 5) is 16.5. The van der Waals surface area contributed by atoms with Gasteiger partial charge in [0.15, 0.2) is 0 Å². The van der Waals surface area contributed by atoms with E-state index in [0.29, 0.717) is 6.42 Å². The second-order valence-corrected chi connectivity index (χ2v) is 6.81. The summed E-state index contributed by atoms with van der Waals surface area (Å²) >= 11 is 0. The van der Waals surface area contributed by atoms with Crippen molar-refractivity contribution in [3.05, 3.63) is 54.1 Å². The van der Waals surface area contributed by atoms with Crippen LogP contribution < -0.4 is 15.1 Å². The predicted octanol–water partition coefficient (Wildman–Crippen LogP) is 3.68. The van der Waals surface area contributed by atoms with E-state index >= 15 is 0 Å². The maximum absolute atomic E-state index is 12.1. The van der Waals surface area contributed by atoms with Gasteiger partial charge in [-0.05, 0) is 43.0 Å². The first kappa shape index (κ1) is 16.0. The van der Waals surface area contributed by atoms with Gasteiger partial charge < -0.3 is 15.1 Å². The second kappa shape index (κ2) is 7.18.